The predicted molar refractivity (Wildman–Crippen MR) is 96.8 cm³/mol. The number of nitrogens with one attached hydrogen (secondary N) is 1. The van der Waals surface area contributed by atoms with Crippen molar-refractivity contribution in [2.75, 3.05) is 32.1 Å². The normalized spacial score (nSPS) is 16.6. The number of nitrogens with zero attached hydrogens (tertiary/aromatic N) is 3. The summed E-state index contributed by atoms with van der Waals surface area (Å²) >= 11 is 0. The Morgan fingerprint density at radius 3 is 2.64 bits per heavy atom. The van der Waals surface area contributed by atoms with E-state index in [0.29, 0.717) is 24.2 Å². The highest BCUT2D eigenvalue weighted by atomic mass is 16.2. The minimum Gasteiger partial charge on any atom is -0.378 e. The van der Waals surface area contributed by atoms with Crippen LogP contribution in [0.3, 0.4) is 0 Å². The van der Waals surface area contributed by atoms with Crippen LogP contribution in [0, 0.1) is 0 Å². The molecular formula is C19H22N4O2. The third-order valence-corrected chi connectivity index (χ3v) is 4.36. The van der Waals surface area contributed by atoms with Crippen molar-refractivity contribution in [3.05, 3.63) is 59.9 Å². The first-order valence-electron chi connectivity index (χ1n) is 8.32. The zero-order valence-corrected chi connectivity index (χ0v) is 14.5. The summed E-state index contributed by atoms with van der Waals surface area (Å²) in [5, 5.41) is 3.03. The molecule has 1 atom stereocenters. The Morgan fingerprint density at radius 2 is 1.92 bits per heavy atom. The van der Waals surface area contributed by atoms with Crippen molar-refractivity contribution in [3.8, 4) is 0 Å². The van der Waals surface area contributed by atoms with E-state index >= 15 is 0 Å². The van der Waals surface area contributed by atoms with E-state index in [0.717, 1.165) is 12.1 Å². The Balaban J connectivity index is 1.60. The number of likely N-dealkylation sites (tertiary alicyclic amines) is 1. The number of benzene rings is 1. The number of rotatable bonds is 4. The van der Waals surface area contributed by atoms with Crippen molar-refractivity contribution in [3.63, 3.8) is 0 Å². The van der Waals surface area contributed by atoms with Gasteiger partial charge in [0.25, 0.3) is 11.8 Å². The van der Waals surface area contributed by atoms with Crippen LogP contribution in [0.5, 0.6) is 0 Å². The number of anilines is 1. The molecule has 6 nitrogen and oxygen atoms in total. The number of amides is 2. The Labute approximate surface area is 147 Å². The molecule has 0 bridgehead atoms. The molecule has 1 saturated heterocycles. The van der Waals surface area contributed by atoms with Crippen LogP contribution in [0.1, 0.15) is 27.1 Å². The SMILES string of the molecule is CN(C)c1cccc(C(=O)N[C@H]2CCN(C(=O)c3ccncc3)C2)c1. The van der Waals surface area contributed by atoms with Crippen LogP contribution in [-0.2, 0) is 0 Å². The highest BCUT2D eigenvalue weighted by Crippen LogP contribution is 2.16. The molecule has 2 aromatic rings. The predicted octanol–water partition coefficient (Wildman–Crippen LogP) is 1.79. The largest absolute Gasteiger partial charge is 0.378 e. The summed E-state index contributed by atoms with van der Waals surface area (Å²) < 4.78 is 0. The number of pyridine rings is 1. The van der Waals surface area contributed by atoms with Crippen LogP contribution in [-0.4, -0.2) is 54.9 Å². The summed E-state index contributed by atoms with van der Waals surface area (Å²) in [6, 6.07) is 10.9. The van der Waals surface area contributed by atoms with Gasteiger partial charge in [-0.15, -0.1) is 0 Å². The fourth-order valence-corrected chi connectivity index (χ4v) is 2.93. The lowest BCUT2D eigenvalue weighted by Crippen LogP contribution is -2.38. The van der Waals surface area contributed by atoms with Crippen LogP contribution >= 0.6 is 0 Å². The third-order valence-electron chi connectivity index (χ3n) is 4.36. The molecule has 1 aliphatic rings. The summed E-state index contributed by atoms with van der Waals surface area (Å²) in [4.78, 5) is 32.6. The average molecular weight is 338 g/mol. The van der Waals surface area contributed by atoms with Crippen molar-refractivity contribution in [2.45, 2.75) is 12.5 Å². The van der Waals surface area contributed by atoms with E-state index in [1.807, 2.05) is 37.2 Å². The van der Waals surface area contributed by atoms with E-state index in [-0.39, 0.29) is 17.9 Å². The Morgan fingerprint density at radius 1 is 1.16 bits per heavy atom. The maximum absolute atomic E-state index is 12.5. The summed E-state index contributed by atoms with van der Waals surface area (Å²) in [5.41, 5.74) is 2.24. The molecule has 0 radical (unpaired) electrons. The van der Waals surface area contributed by atoms with Crippen LogP contribution in [0.25, 0.3) is 0 Å². The molecule has 0 saturated carbocycles. The zero-order chi connectivity index (χ0) is 17.8. The number of carbonyl (C=O) groups is 2. The van der Waals surface area contributed by atoms with Crippen LogP contribution in [0.15, 0.2) is 48.8 Å². The first-order chi connectivity index (χ1) is 12.0. The molecule has 0 aliphatic carbocycles. The molecule has 1 aliphatic heterocycles. The van der Waals surface area contributed by atoms with Crippen molar-refractivity contribution in [1.82, 2.24) is 15.2 Å². The summed E-state index contributed by atoms with van der Waals surface area (Å²) in [7, 11) is 3.88. The molecule has 6 heteroatoms. The minimum absolute atomic E-state index is 0.0197. The van der Waals surface area contributed by atoms with Crippen LogP contribution < -0.4 is 10.2 Å². The van der Waals surface area contributed by atoms with Gasteiger partial charge in [0.15, 0.2) is 0 Å². The van der Waals surface area contributed by atoms with Gasteiger partial charge < -0.3 is 15.1 Å². The average Bonchev–Trinajstić information content (AvgIpc) is 3.10. The second kappa shape index (κ2) is 7.34. The van der Waals surface area contributed by atoms with E-state index in [1.165, 1.54) is 0 Å². The monoisotopic (exact) mass is 338 g/mol. The standard InChI is InChI=1S/C19H22N4O2/c1-22(2)17-5-3-4-15(12-17)18(24)21-16-8-11-23(13-16)19(25)14-6-9-20-10-7-14/h3-7,9-10,12,16H,8,11,13H2,1-2H3,(H,21,24)/t16-/m0/s1. The van der Waals surface area contributed by atoms with Gasteiger partial charge in [0.1, 0.15) is 0 Å². The van der Waals surface area contributed by atoms with Gasteiger partial charge in [0.05, 0.1) is 0 Å². The fourth-order valence-electron chi connectivity index (χ4n) is 2.93. The summed E-state index contributed by atoms with van der Waals surface area (Å²) in [6.45, 7) is 1.17. The number of carbonyl (C=O) groups excluding carboxylic acids is 2. The molecular weight excluding hydrogens is 316 g/mol. The van der Waals surface area contributed by atoms with Gasteiger partial charge in [0.2, 0.25) is 0 Å². The van der Waals surface area contributed by atoms with Gasteiger partial charge in [-0.25, -0.2) is 0 Å². The summed E-state index contributed by atoms with van der Waals surface area (Å²) in [6.07, 6.45) is 3.98. The van der Waals surface area contributed by atoms with E-state index in [4.69, 9.17) is 0 Å². The maximum Gasteiger partial charge on any atom is 0.254 e. The summed E-state index contributed by atoms with van der Waals surface area (Å²) in [5.74, 6) is -0.124. The molecule has 1 aromatic heterocycles. The topological polar surface area (TPSA) is 65.5 Å². The Bertz CT molecular complexity index is 761. The molecule has 0 spiro atoms. The first-order valence-corrected chi connectivity index (χ1v) is 8.32. The molecule has 0 unspecified atom stereocenters. The molecule has 1 fully saturated rings. The highest BCUT2D eigenvalue weighted by Gasteiger charge is 2.28. The van der Waals surface area contributed by atoms with E-state index in [1.54, 1.807) is 35.5 Å². The molecule has 25 heavy (non-hydrogen) atoms. The van der Waals surface area contributed by atoms with Crippen LogP contribution in [0.2, 0.25) is 0 Å². The van der Waals surface area contributed by atoms with Crippen molar-refractivity contribution < 1.29 is 9.59 Å². The third kappa shape index (κ3) is 3.96. The van der Waals surface area contributed by atoms with Crippen molar-refractivity contribution >= 4 is 17.5 Å². The number of aromatic nitrogens is 1. The number of hydrogen-bond donors (Lipinski definition) is 1. The Hall–Kier alpha value is -2.89. The van der Waals surface area contributed by atoms with Gasteiger partial charge in [-0.05, 0) is 36.8 Å². The van der Waals surface area contributed by atoms with Crippen molar-refractivity contribution in [2.24, 2.45) is 0 Å². The Kier molecular flexibility index (Phi) is 4.97. The molecule has 2 amide bonds. The van der Waals surface area contributed by atoms with Crippen molar-refractivity contribution in [1.29, 1.82) is 0 Å². The molecule has 1 aromatic carbocycles. The lowest BCUT2D eigenvalue weighted by atomic mass is 10.1. The van der Waals surface area contributed by atoms with E-state index in [2.05, 4.69) is 10.3 Å². The minimum atomic E-state index is -0.105. The van der Waals surface area contributed by atoms with E-state index < -0.39 is 0 Å². The lowest BCUT2D eigenvalue weighted by molar-refractivity contribution is 0.0783. The second-order valence-electron chi connectivity index (χ2n) is 6.39. The quantitative estimate of drug-likeness (QED) is 0.923. The first kappa shape index (κ1) is 17.0. The van der Waals surface area contributed by atoms with Gasteiger partial charge in [-0.3, -0.25) is 14.6 Å². The van der Waals surface area contributed by atoms with Gasteiger partial charge in [-0.2, -0.15) is 0 Å². The maximum atomic E-state index is 12.5. The molecule has 130 valence electrons. The number of hydrogen-bond acceptors (Lipinski definition) is 4. The fraction of sp³-hybridized carbons (Fsp3) is 0.316. The molecule has 2 heterocycles. The molecule has 3 rings (SSSR count). The van der Waals surface area contributed by atoms with Gasteiger partial charge in [-0.1, -0.05) is 6.07 Å². The zero-order valence-electron chi connectivity index (χ0n) is 14.5. The van der Waals surface area contributed by atoms with Crippen LogP contribution in [0.4, 0.5) is 5.69 Å². The van der Waals surface area contributed by atoms with E-state index in [9.17, 15) is 9.59 Å². The lowest BCUT2D eigenvalue weighted by Gasteiger charge is -2.18. The second-order valence-corrected chi connectivity index (χ2v) is 6.39. The van der Waals surface area contributed by atoms with Gasteiger partial charge in [0, 0.05) is 62.4 Å². The van der Waals surface area contributed by atoms with Gasteiger partial charge >= 0.3 is 0 Å². The highest BCUT2D eigenvalue weighted by molar-refractivity contribution is 5.96. The molecule has 1 N–H and O–H groups in total. The smallest absolute Gasteiger partial charge is 0.254 e.